The number of halogens is 1. The van der Waals surface area contributed by atoms with Crippen LogP contribution in [0.2, 0.25) is 5.02 Å². The molecule has 88 valence electrons. The molecule has 1 aliphatic heterocycles. The van der Waals surface area contributed by atoms with Crippen molar-refractivity contribution < 1.29 is 14.9 Å². The molecule has 16 heavy (non-hydrogen) atoms. The van der Waals surface area contributed by atoms with Crippen LogP contribution < -0.4 is 5.32 Å². The first kappa shape index (κ1) is 11.7. The molecule has 1 heterocycles. The molecule has 0 saturated carbocycles. The number of anilines is 1. The third kappa shape index (κ3) is 2.65. The summed E-state index contributed by atoms with van der Waals surface area (Å²) in [6.45, 7) is -0.167. The molecule has 4 nitrogen and oxygen atoms in total. The van der Waals surface area contributed by atoms with Crippen LogP contribution in [0.1, 0.15) is 6.42 Å². The quantitative estimate of drug-likeness (QED) is 0.747. The molecule has 1 aromatic rings. The Morgan fingerprint density at radius 3 is 2.62 bits per heavy atom. The fourth-order valence-corrected chi connectivity index (χ4v) is 1.84. The molecule has 1 saturated heterocycles. The summed E-state index contributed by atoms with van der Waals surface area (Å²) in [5, 5.41) is 22.2. The third-order valence-electron chi connectivity index (χ3n) is 2.58. The Hall–Kier alpha value is -0.810. The molecule has 0 radical (unpaired) electrons. The van der Waals surface area contributed by atoms with Gasteiger partial charge in [-0.1, -0.05) is 11.6 Å². The normalized spacial score (nSPS) is 29.3. The summed E-state index contributed by atoms with van der Waals surface area (Å²) in [6, 6.07) is 7.23. The van der Waals surface area contributed by atoms with Gasteiger partial charge in [0.05, 0.1) is 12.7 Å². The molecule has 1 fully saturated rings. The van der Waals surface area contributed by atoms with E-state index >= 15 is 0 Å². The zero-order chi connectivity index (χ0) is 11.5. The van der Waals surface area contributed by atoms with Gasteiger partial charge in [0.1, 0.15) is 12.3 Å². The number of hydrogen-bond acceptors (Lipinski definition) is 4. The fraction of sp³-hybridized carbons (Fsp3) is 0.455. The van der Waals surface area contributed by atoms with Crippen LogP contribution in [0.5, 0.6) is 0 Å². The lowest BCUT2D eigenvalue weighted by atomic mass is 10.2. The lowest BCUT2D eigenvalue weighted by Crippen LogP contribution is -2.25. The van der Waals surface area contributed by atoms with Crippen LogP contribution in [0, 0.1) is 0 Å². The molecule has 1 aromatic carbocycles. The summed E-state index contributed by atoms with van der Waals surface area (Å²) >= 11 is 5.77. The van der Waals surface area contributed by atoms with E-state index in [4.69, 9.17) is 21.4 Å². The molecule has 0 aliphatic carbocycles. The van der Waals surface area contributed by atoms with Crippen molar-refractivity contribution in [2.24, 2.45) is 0 Å². The second-order valence-corrected chi connectivity index (χ2v) is 4.24. The second kappa shape index (κ2) is 5.01. The van der Waals surface area contributed by atoms with Crippen LogP contribution in [0.4, 0.5) is 5.69 Å². The predicted octanol–water partition coefficient (Wildman–Crippen LogP) is 1.22. The first-order chi connectivity index (χ1) is 7.69. The Labute approximate surface area is 98.8 Å². The summed E-state index contributed by atoms with van der Waals surface area (Å²) in [5.74, 6) is 0. The highest BCUT2D eigenvalue weighted by molar-refractivity contribution is 6.30. The molecular weight excluding hydrogens is 230 g/mol. The van der Waals surface area contributed by atoms with E-state index < -0.39 is 12.2 Å². The van der Waals surface area contributed by atoms with E-state index in [0.717, 1.165) is 5.69 Å². The molecule has 0 unspecified atom stereocenters. The topological polar surface area (TPSA) is 61.7 Å². The zero-order valence-electron chi connectivity index (χ0n) is 8.64. The first-order valence-corrected chi connectivity index (χ1v) is 5.53. The van der Waals surface area contributed by atoms with Gasteiger partial charge in [-0.3, -0.25) is 0 Å². The van der Waals surface area contributed by atoms with Crippen LogP contribution in [0.25, 0.3) is 0 Å². The van der Waals surface area contributed by atoms with Crippen LogP contribution in [-0.4, -0.2) is 35.3 Å². The Kier molecular flexibility index (Phi) is 3.66. The highest BCUT2D eigenvalue weighted by atomic mass is 35.5. The van der Waals surface area contributed by atoms with E-state index in [1.807, 2.05) is 12.1 Å². The molecule has 5 heteroatoms. The predicted molar refractivity (Wildman–Crippen MR) is 61.4 cm³/mol. The minimum atomic E-state index is -0.616. The van der Waals surface area contributed by atoms with E-state index in [0.29, 0.717) is 11.4 Å². The van der Waals surface area contributed by atoms with Gasteiger partial charge in [-0.25, -0.2) is 0 Å². The molecular formula is C11H14ClNO3. The number of ether oxygens (including phenoxy) is 1. The number of rotatable bonds is 3. The lowest BCUT2D eigenvalue weighted by molar-refractivity contribution is -0.0149. The van der Waals surface area contributed by atoms with Crippen LogP contribution >= 0.6 is 11.6 Å². The van der Waals surface area contributed by atoms with Crippen molar-refractivity contribution in [3.8, 4) is 0 Å². The summed E-state index contributed by atoms with van der Waals surface area (Å²) in [4.78, 5) is 0. The zero-order valence-corrected chi connectivity index (χ0v) is 9.39. The highest BCUT2D eigenvalue weighted by Crippen LogP contribution is 2.22. The molecule has 0 bridgehead atoms. The van der Waals surface area contributed by atoms with Crippen molar-refractivity contribution in [3.05, 3.63) is 29.3 Å². The Morgan fingerprint density at radius 1 is 1.38 bits per heavy atom. The maximum Gasteiger partial charge on any atom is 0.130 e. The fourth-order valence-electron chi connectivity index (χ4n) is 1.72. The van der Waals surface area contributed by atoms with Crippen LogP contribution in [-0.2, 0) is 4.74 Å². The number of benzene rings is 1. The summed E-state index contributed by atoms with van der Waals surface area (Å²) in [7, 11) is 0. The third-order valence-corrected chi connectivity index (χ3v) is 2.83. The van der Waals surface area contributed by atoms with Crippen molar-refractivity contribution >= 4 is 17.3 Å². The van der Waals surface area contributed by atoms with Gasteiger partial charge in [0.25, 0.3) is 0 Å². The molecule has 3 atom stereocenters. The molecule has 3 N–H and O–H groups in total. The lowest BCUT2D eigenvalue weighted by Gasteiger charge is -2.14. The summed E-state index contributed by atoms with van der Waals surface area (Å²) in [6.07, 6.45) is -0.915. The van der Waals surface area contributed by atoms with Crippen LogP contribution in [0.15, 0.2) is 24.3 Å². The van der Waals surface area contributed by atoms with Gasteiger partial charge >= 0.3 is 0 Å². The standard InChI is InChI=1S/C11H14ClNO3/c12-7-1-3-8(4-2-7)13-11-5-9(15)10(6-14)16-11/h1-4,9-11,13-15H,5-6H2/t9-,10-,11-/m0/s1. The van der Waals surface area contributed by atoms with Crippen molar-refractivity contribution in [1.29, 1.82) is 0 Å². The number of nitrogens with one attached hydrogen (secondary N) is 1. The Balaban J connectivity index is 1.94. The maximum absolute atomic E-state index is 9.54. The van der Waals surface area contributed by atoms with E-state index in [1.165, 1.54) is 0 Å². The average Bonchev–Trinajstić information content (AvgIpc) is 2.62. The summed E-state index contributed by atoms with van der Waals surface area (Å²) < 4.78 is 5.41. The first-order valence-electron chi connectivity index (χ1n) is 5.15. The van der Waals surface area contributed by atoms with Crippen molar-refractivity contribution in [1.82, 2.24) is 0 Å². The van der Waals surface area contributed by atoms with Crippen molar-refractivity contribution in [2.75, 3.05) is 11.9 Å². The number of hydrogen-bond donors (Lipinski definition) is 3. The van der Waals surface area contributed by atoms with E-state index in [9.17, 15) is 5.11 Å². The van der Waals surface area contributed by atoms with Gasteiger partial charge in [0.15, 0.2) is 0 Å². The average molecular weight is 244 g/mol. The van der Waals surface area contributed by atoms with E-state index in [1.54, 1.807) is 12.1 Å². The molecule has 0 spiro atoms. The number of aliphatic hydroxyl groups excluding tert-OH is 2. The SMILES string of the molecule is OC[C@@H]1O[C@H](Nc2ccc(Cl)cc2)C[C@@H]1O. The van der Waals surface area contributed by atoms with Crippen molar-refractivity contribution in [2.45, 2.75) is 24.9 Å². The molecule has 0 amide bonds. The second-order valence-electron chi connectivity index (χ2n) is 3.80. The maximum atomic E-state index is 9.54. The van der Waals surface area contributed by atoms with E-state index in [2.05, 4.69) is 5.32 Å². The summed E-state index contributed by atoms with van der Waals surface area (Å²) in [5.41, 5.74) is 0.875. The Bertz CT molecular complexity index is 344. The largest absolute Gasteiger partial charge is 0.394 e. The van der Waals surface area contributed by atoms with Gasteiger partial charge in [0, 0.05) is 17.1 Å². The van der Waals surface area contributed by atoms with Gasteiger partial charge < -0.3 is 20.3 Å². The van der Waals surface area contributed by atoms with E-state index in [-0.39, 0.29) is 12.8 Å². The highest BCUT2D eigenvalue weighted by Gasteiger charge is 2.33. The minimum absolute atomic E-state index is 0.167. The van der Waals surface area contributed by atoms with Crippen LogP contribution in [0.3, 0.4) is 0 Å². The van der Waals surface area contributed by atoms with Gasteiger partial charge in [-0.15, -0.1) is 0 Å². The smallest absolute Gasteiger partial charge is 0.130 e. The monoisotopic (exact) mass is 243 g/mol. The van der Waals surface area contributed by atoms with Gasteiger partial charge in [0.2, 0.25) is 0 Å². The van der Waals surface area contributed by atoms with Gasteiger partial charge in [-0.05, 0) is 24.3 Å². The Morgan fingerprint density at radius 2 is 2.06 bits per heavy atom. The minimum Gasteiger partial charge on any atom is -0.394 e. The molecule has 2 rings (SSSR count). The number of aliphatic hydroxyl groups is 2. The molecule has 0 aromatic heterocycles. The molecule has 1 aliphatic rings. The van der Waals surface area contributed by atoms with Crippen molar-refractivity contribution in [3.63, 3.8) is 0 Å². The van der Waals surface area contributed by atoms with Gasteiger partial charge in [-0.2, -0.15) is 0 Å².